The fraction of sp³-hybridized carbons (Fsp3) is 0.579. The molecule has 3 rings (SSSR count). The number of amides is 2. The number of carbonyl (C=O) groups is 2. The first kappa shape index (κ1) is 17.9. The number of anilines is 1. The van der Waals surface area contributed by atoms with Crippen molar-refractivity contribution in [3.63, 3.8) is 0 Å². The van der Waals surface area contributed by atoms with Crippen LogP contribution in [-0.2, 0) is 9.59 Å². The van der Waals surface area contributed by atoms with Gasteiger partial charge in [-0.3, -0.25) is 9.59 Å². The molecule has 0 bridgehead atoms. The normalized spacial score (nSPS) is 24.8. The van der Waals surface area contributed by atoms with Gasteiger partial charge >= 0.3 is 0 Å². The minimum absolute atomic E-state index is 0.0674. The summed E-state index contributed by atoms with van der Waals surface area (Å²) in [5.41, 5.74) is 0.847. The van der Waals surface area contributed by atoms with E-state index in [4.69, 9.17) is 0 Å². The van der Waals surface area contributed by atoms with Gasteiger partial charge in [0.15, 0.2) is 12.6 Å². The number of rotatable bonds is 5. The SMILES string of the molecule is C[C@H](C(=O)Nc1ccccc1)[NH+]1CC[NH+](CC(=O)N2CCCC2)CC1. The van der Waals surface area contributed by atoms with Crippen LogP contribution in [-0.4, -0.2) is 68.6 Å². The second kappa shape index (κ2) is 8.45. The Morgan fingerprint density at radius 1 is 1.08 bits per heavy atom. The zero-order valence-corrected chi connectivity index (χ0v) is 15.1. The first-order chi connectivity index (χ1) is 12.1. The van der Waals surface area contributed by atoms with Crippen LogP contribution in [0, 0.1) is 0 Å². The monoisotopic (exact) mass is 346 g/mol. The third kappa shape index (κ3) is 4.80. The average molecular weight is 346 g/mol. The molecule has 136 valence electrons. The quantitative estimate of drug-likeness (QED) is 0.603. The van der Waals surface area contributed by atoms with Gasteiger partial charge in [-0.15, -0.1) is 0 Å². The highest BCUT2D eigenvalue weighted by atomic mass is 16.2. The maximum Gasteiger partial charge on any atom is 0.282 e. The molecule has 2 aliphatic heterocycles. The molecule has 0 saturated carbocycles. The van der Waals surface area contributed by atoms with Crippen molar-refractivity contribution in [1.82, 2.24) is 4.90 Å². The van der Waals surface area contributed by atoms with Crippen molar-refractivity contribution in [3.05, 3.63) is 30.3 Å². The van der Waals surface area contributed by atoms with Crippen LogP contribution < -0.4 is 15.1 Å². The first-order valence-corrected chi connectivity index (χ1v) is 9.45. The van der Waals surface area contributed by atoms with Crippen molar-refractivity contribution in [2.45, 2.75) is 25.8 Å². The highest BCUT2D eigenvalue weighted by molar-refractivity contribution is 5.93. The molecule has 2 saturated heterocycles. The lowest BCUT2D eigenvalue weighted by molar-refractivity contribution is -1.01. The third-order valence-corrected chi connectivity index (χ3v) is 5.51. The molecular weight excluding hydrogens is 316 g/mol. The minimum atomic E-state index is -0.0731. The van der Waals surface area contributed by atoms with Gasteiger partial charge in [-0.05, 0) is 31.9 Å². The van der Waals surface area contributed by atoms with E-state index in [0.717, 1.165) is 57.8 Å². The Hall–Kier alpha value is -1.92. The van der Waals surface area contributed by atoms with E-state index in [-0.39, 0.29) is 11.9 Å². The third-order valence-electron chi connectivity index (χ3n) is 5.51. The highest BCUT2D eigenvalue weighted by Crippen LogP contribution is 2.06. The molecule has 2 heterocycles. The minimum Gasteiger partial charge on any atom is -0.338 e. The van der Waals surface area contributed by atoms with Crippen LogP contribution in [0.5, 0.6) is 0 Å². The van der Waals surface area contributed by atoms with Crippen LogP contribution in [0.3, 0.4) is 0 Å². The summed E-state index contributed by atoms with van der Waals surface area (Å²) in [6.45, 7) is 8.25. The molecule has 1 atom stereocenters. The van der Waals surface area contributed by atoms with Crippen molar-refractivity contribution >= 4 is 17.5 Å². The summed E-state index contributed by atoms with van der Waals surface area (Å²) >= 11 is 0. The molecule has 0 aromatic heterocycles. The maximum atomic E-state index is 12.4. The summed E-state index contributed by atoms with van der Waals surface area (Å²) in [6, 6.07) is 9.53. The van der Waals surface area contributed by atoms with Crippen LogP contribution in [0.4, 0.5) is 5.69 Å². The zero-order chi connectivity index (χ0) is 17.6. The van der Waals surface area contributed by atoms with Crippen molar-refractivity contribution in [3.8, 4) is 0 Å². The summed E-state index contributed by atoms with van der Waals surface area (Å²) < 4.78 is 0. The Morgan fingerprint density at radius 2 is 1.72 bits per heavy atom. The molecule has 1 aromatic carbocycles. The van der Waals surface area contributed by atoms with E-state index in [9.17, 15) is 9.59 Å². The summed E-state index contributed by atoms with van der Waals surface area (Å²) in [4.78, 5) is 29.4. The van der Waals surface area contributed by atoms with Gasteiger partial charge in [-0.1, -0.05) is 18.2 Å². The number of hydrogen-bond donors (Lipinski definition) is 3. The fourth-order valence-electron chi connectivity index (χ4n) is 3.78. The van der Waals surface area contributed by atoms with Crippen molar-refractivity contribution in [1.29, 1.82) is 0 Å². The number of nitrogens with one attached hydrogen (secondary N) is 3. The van der Waals surface area contributed by atoms with E-state index in [0.29, 0.717) is 12.5 Å². The lowest BCUT2D eigenvalue weighted by Crippen LogP contribution is -3.30. The van der Waals surface area contributed by atoms with E-state index in [1.54, 1.807) is 0 Å². The predicted octanol–water partition coefficient (Wildman–Crippen LogP) is -1.58. The first-order valence-electron chi connectivity index (χ1n) is 9.45. The van der Waals surface area contributed by atoms with Gasteiger partial charge in [0.05, 0.1) is 0 Å². The summed E-state index contributed by atoms with van der Waals surface area (Å²) in [7, 11) is 0. The topological polar surface area (TPSA) is 58.3 Å². The number of quaternary nitrogens is 2. The van der Waals surface area contributed by atoms with E-state index >= 15 is 0 Å². The maximum absolute atomic E-state index is 12.4. The number of nitrogens with zero attached hydrogens (tertiary/aromatic N) is 1. The molecule has 6 heteroatoms. The van der Waals surface area contributed by atoms with Gasteiger partial charge in [-0.25, -0.2) is 0 Å². The molecule has 1 aromatic rings. The molecule has 2 amide bonds. The summed E-state index contributed by atoms with van der Waals surface area (Å²) in [5.74, 6) is 0.364. The highest BCUT2D eigenvalue weighted by Gasteiger charge is 2.32. The van der Waals surface area contributed by atoms with Gasteiger partial charge in [0.2, 0.25) is 0 Å². The van der Waals surface area contributed by atoms with Crippen LogP contribution in [0.2, 0.25) is 0 Å². The van der Waals surface area contributed by atoms with Gasteiger partial charge in [0.1, 0.15) is 26.2 Å². The molecular formula is C19H30N4O2+2. The molecule has 2 aliphatic rings. The van der Waals surface area contributed by atoms with Gasteiger partial charge in [-0.2, -0.15) is 0 Å². The number of likely N-dealkylation sites (tertiary alicyclic amines) is 1. The summed E-state index contributed by atoms with van der Waals surface area (Å²) in [5, 5.41) is 2.99. The predicted molar refractivity (Wildman–Crippen MR) is 96.6 cm³/mol. The lowest BCUT2D eigenvalue weighted by atomic mass is 10.2. The van der Waals surface area contributed by atoms with Crippen molar-refractivity contribution in [2.75, 3.05) is 51.1 Å². The second-order valence-electron chi connectivity index (χ2n) is 7.25. The van der Waals surface area contributed by atoms with Crippen LogP contribution in [0.25, 0.3) is 0 Å². The van der Waals surface area contributed by atoms with E-state index < -0.39 is 0 Å². The molecule has 0 radical (unpaired) electrons. The largest absolute Gasteiger partial charge is 0.338 e. The average Bonchev–Trinajstić information content (AvgIpc) is 3.17. The Kier molecular flexibility index (Phi) is 6.04. The molecule has 0 spiro atoms. The smallest absolute Gasteiger partial charge is 0.282 e. The zero-order valence-electron chi connectivity index (χ0n) is 15.1. The van der Waals surface area contributed by atoms with Crippen LogP contribution >= 0.6 is 0 Å². The van der Waals surface area contributed by atoms with E-state index in [2.05, 4.69) is 5.32 Å². The van der Waals surface area contributed by atoms with Crippen LogP contribution in [0.15, 0.2) is 30.3 Å². The number of benzene rings is 1. The Labute approximate surface area is 149 Å². The van der Waals surface area contributed by atoms with Gasteiger partial charge in [0.25, 0.3) is 11.8 Å². The van der Waals surface area contributed by atoms with Crippen LogP contribution in [0.1, 0.15) is 19.8 Å². The molecule has 0 unspecified atom stereocenters. The van der Waals surface area contributed by atoms with Crippen molar-refractivity contribution in [2.24, 2.45) is 0 Å². The number of hydrogen-bond acceptors (Lipinski definition) is 2. The Balaban J connectivity index is 1.43. The summed E-state index contributed by atoms with van der Waals surface area (Å²) in [6.07, 6.45) is 2.29. The van der Waals surface area contributed by atoms with E-state index in [1.165, 1.54) is 9.80 Å². The molecule has 3 N–H and O–H groups in total. The standard InChI is InChI=1S/C19H28N4O2/c1-16(19(25)20-17-7-3-2-4-8-17)22-13-11-21(12-14-22)15-18(24)23-9-5-6-10-23/h2-4,7-8,16H,5-6,9-15H2,1H3,(H,20,25)/p+2/t16-/m1/s1. The van der Waals surface area contributed by atoms with Gasteiger partial charge < -0.3 is 20.0 Å². The molecule has 0 aliphatic carbocycles. The molecule has 2 fully saturated rings. The fourth-order valence-corrected chi connectivity index (χ4v) is 3.78. The molecule has 6 nitrogen and oxygen atoms in total. The Bertz CT molecular complexity index is 578. The number of para-hydroxylation sites is 1. The van der Waals surface area contributed by atoms with E-state index in [1.807, 2.05) is 42.2 Å². The number of piperazine rings is 1. The lowest BCUT2D eigenvalue weighted by Gasteiger charge is -2.32. The second-order valence-corrected chi connectivity index (χ2v) is 7.25. The van der Waals surface area contributed by atoms with Crippen molar-refractivity contribution < 1.29 is 19.4 Å². The molecule has 25 heavy (non-hydrogen) atoms. The Morgan fingerprint density at radius 3 is 2.36 bits per heavy atom. The number of carbonyl (C=O) groups excluding carboxylic acids is 2. The van der Waals surface area contributed by atoms with Gasteiger partial charge in [0, 0.05) is 18.8 Å².